The molecule has 4 nitrogen and oxygen atoms in total. The molecule has 0 bridgehead atoms. The Labute approximate surface area is 145 Å². The highest BCUT2D eigenvalue weighted by Gasteiger charge is 2.10. The molecule has 5 heteroatoms. The van der Waals surface area contributed by atoms with Gasteiger partial charge in [0.25, 0.3) is 5.91 Å². The average molecular weight is 341 g/mol. The third kappa shape index (κ3) is 3.86. The van der Waals surface area contributed by atoms with Crippen molar-refractivity contribution in [1.29, 1.82) is 0 Å². The summed E-state index contributed by atoms with van der Waals surface area (Å²) in [5.74, 6) is 1.42. The zero-order chi connectivity index (χ0) is 16.9. The van der Waals surface area contributed by atoms with Crippen molar-refractivity contribution in [3.05, 3.63) is 58.8 Å². The number of likely N-dealkylation sites (N-methyl/N-ethyl adjacent to an activating group) is 1. The van der Waals surface area contributed by atoms with Crippen LogP contribution in [0.1, 0.15) is 5.56 Å². The highest BCUT2D eigenvalue weighted by molar-refractivity contribution is 7.07. The average Bonchev–Trinajstić information content (AvgIpc) is 3.11. The first-order chi connectivity index (χ1) is 11.7. The molecule has 1 heterocycles. The van der Waals surface area contributed by atoms with Crippen molar-refractivity contribution >= 4 is 28.0 Å². The summed E-state index contributed by atoms with van der Waals surface area (Å²) in [7, 11) is 3.43. The van der Waals surface area contributed by atoms with Gasteiger partial charge in [-0.15, -0.1) is 0 Å². The summed E-state index contributed by atoms with van der Waals surface area (Å²) >= 11 is 1.63. The number of ether oxygens (including phenoxy) is 2. The van der Waals surface area contributed by atoms with Crippen LogP contribution in [0.5, 0.6) is 11.5 Å². The van der Waals surface area contributed by atoms with E-state index in [4.69, 9.17) is 9.47 Å². The van der Waals surface area contributed by atoms with E-state index in [-0.39, 0.29) is 12.5 Å². The number of nitrogens with zero attached hydrogens (tertiary/aromatic N) is 1. The molecule has 3 aromatic rings. The predicted molar refractivity (Wildman–Crippen MR) is 96.8 cm³/mol. The second kappa shape index (κ2) is 7.36. The van der Waals surface area contributed by atoms with E-state index in [1.807, 2.05) is 53.2 Å². The maximum atomic E-state index is 12.2. The second-order valence-electron chi connectivity index (χ2n) is 5.54. The van der Waals surface area contributed by atoms with Gasteiger partial charge in [0, 0.05) is 13.6 Å². The molecular formula is C19H19NO3S. The van der Waals surface area contributed by atoms with Gasteiger partial charge in [-0.2, -0.15) is 11.3 Å². The van der Waals surface area contributed by atoms with E-state index in [9.17, 15) is 4.79 Å². The Balaban J connectivity index is 1.63. The van der Waals surface area contributed by atoms with Crippen LogP contribution in [-0.2, 0) is 11.3 Å². The van der Waals surface area contributed by atoms with Gasteiger partial charge in [-0.3, -0.25) is 4.79 Å². The van der Waals surface area contributed by atoms with Crippen LogP contribution < -0.4 is 9.47 Å². The fourth-order valence-electron chi connectivity index (χ4n) is 2.42. The number of methoxy groups -OCH3 is 1. The van der Waals surface area contributed by atoms with Crippen molar-refractivity contribution in [1.82, 2.24) is 4.90 Å². The van der Waals surface area contributed by atoms with Gasteiger partial charge in [-0.05, 0) is 57.4 Å². The van der Waals surface area contributed by atoms with Crippen LogP contribution in [0.3, 0.4) is 0 Å². The maximum Gasteiger partial charge on any atom is 0.260 e. The molecule has 0 saturated heterocycles. The van der Waals surface area contributed by atoms with Crippen LogP contribution in [-0.4, -0.2) is 31.6 Å². The number of fused-ring (bicyclic) bond motifs is 1. The number of carbonyl (C=O) groups is 1. The van der Waals surface area contributed by atoms with Gasteiger partial charge in [0.05, 0.1) is 7.11 Å². The Kier molecular flexibility index (Phi) is 5.01. The van der Waals surface area contributed by atoms with Gasteiger partial charge in [0.15, 0.2) is 6.61 Å². The molecule has 0 aliphatic rings. The first kappa shape index (κ1) is 16.3. The summed E-state index contributed by atoms with van der Waals surface area (Å²) in [6.45, 7) is 0.622. The van der Waals surface area contributed by atoms with Gasteiger partial charge in [0.2, 0.25) is 0 Å². The Bertz CT molecular complexity index is 830. The lowest BCUT2D eigenvalue weighted by Crippen LogP contribution is -2.30. The minimum Gasteiger partial charge on any atom is -0.497 e. The fraction of sp³-hybridized carbons (Fsp3) is 0.211. The SMILES string of the molecule is COc1ccc2ccc(OCC(=O)N(C)Cc3ccsc3)cc2c1. The lowest BCUT2D eigenvalue weighted by atomic mass is 10.1. The van der Waals surface area contributed by atoms with Crippen molar-refractivity contribution in [3.63, 3.8) is 0 Å². The monoisotopic (exact) mass is 341 g/mol. The van der Waals surface area contributed by atoms with Crippen LogP contribution in [0.2, 0.25) is 0 Å². The highest BCUT2D eigenvalue weighted by Crippen LogP contribution is 2.25. The summed E-state index contributed by atoms with van der Waals surface area (Å²) in [5, 5.41) is 6.17. The van der Waals surface area contributed by atoms with E-state index in [2.05, 4.69) is 0 Å². The molecule has 24 heavy (non-hydrogen) atoms. The largest absolute Gasteiger partial charge is 0.497 e. The molecule has 3 rings (SSSR count). The lowest BCUT2D eigenvalue weighted by molar-refractivity contribution is -0.132. The first-order valence-electron chi connectivity index (χ1n) is 7.61. The molecule has 0 aliphatic heterocycles. The highest BCUT2D eigenvalue weighted by atomic mass is 32.1. The molecule has 0 N–H and O–H groups in total. The zero-order valence-electron chi connectivity index (χ0n) is 13.7. The smallest absolute Gasteiger partial charge is 0.260 e. The van der Waals surface area contributed by atoms with Gasteiger partial charge in [-0.1, -0.05) is 12.1 Å². The summed E-state index contributed by atoms with van der Waals surface area (Å²) in [4.78, 5) is 13.9. The third-order valence-corrected chi connectivity index (χ3v) is 4.54. The van der Waals surface area contributed by atoms with Gasteiger partial charge in [-0.25, -0.2) is 0 Å². The van der Waals surface area contributed by atoms with Crippen LogP contribution >= 0.6 is 11.3 Å². The van der Waals surface area contributed by atoms with Gasteiger partial charge >= 0.3 is 0 Å². The number of benzene rings is 2. The number of hydrogen-bond acceptors (Lipinski definition) is 4. The van der Waals surface area contributed by atoms with Crippen molar-refractivity contribution in [3.8, 4) is 11.5 Å². The predicted octanol–water partition coefficient (Wildman–Crippen LogP) is 3.95. The van der Waals surface area contributed by atoms with E-state index < -0.39 is 0 Å². The van der Waals surface area contributed by atoms with Crippen molar-refractivity contribution < 1.29 is 14.3 Å². The number of rotatable bonds is 6. The minimum absolute atomic E-state index is 0.0239. The molecule has 0 unspecified atom stereocenters. The number of amides is 1. The summed E-state index contributed by atoms with van der Waals surface area (Å²) in [6, 6.07) is 13.7. The van der Waals surface area contributed by atoms with Gasteiger partial charge < -0.3 is 14.4 Å². The van der Waals surface area contributed by atoms with Gasteiger partial charge in [0.1, 0.15) is 11.5 Å². The van der Waals surface area contributed by atoms with E-state index in [0.29, 0.717) is 12.3 Å². The topological polar surface area (TPSA) is 38.8 Å². The Morgan fingerprint density at radius 3 is 2.54 bits per heavy atom. The van der Waals surface area contributed by atoms with E-state index in [1.165, 1.54) is 0 Å². The van der Waals surface area contributed by atoms with Crippen molar-refractivity contribution in [2.24, 2.45) is 0 Å². The van der Waals surface area contributed by atoms with Crippen LogP contribution in [0, 0.1) is 0 Å². The van der Waals surface area contributed by atoms with E-state index in [1.54, 1.807) is 30.4 Å². The molecule has 1 amide bonds. The lowest BCUT2D eigenvalue weighted by Gasteiger charge is -2.17. The maximum absolute atomic E-state index is 12.2. The number of thiophene rings is 1. The molecule has 0 fully saturated rings. The van der Waals surface area contributed by atoms with E-state index in [0.717, 1.165) is 22.1 Å². The quantitative estimate of drug-likeness (QED) is 0.681. The Hall–Kier alpha value is -2.53. The molecule has 124 valence electrons. The minimum atomic E-state index is -0.0491. The van der Waals surface area contributed by atoms with Crippen LogP contribution in [0.4, 0.5) is 0 Å². The molecule has 0 saturated carbocycles. The second-order valence-corrected chi connectivity index (χ2v) is 6.32. The van der Waals surface area contributed by atoms with E-state index >= 15 is 0 Å². The zero-order valence-corrected chi connectivity index (χ0v) is 14.5. The Morgan fingerprint density at radius 1 is 1.08 bits per heavy atom. The third-order valence-electron chi connectivity index (χ3n) is 3.81. The summed E-state index contributed by atoms with van der Waals surface area (Å²) in [6.07, 6.45) is 0. The molecule has 0 aliphatic carbocycles. The molecule has 1 aromatic heterocycles. The van der Waals surface area contributed by atoms with Crippen LogP contribution in [0.25, 0.3) is 10.8 Å². The first-order valence-corrected chi connectivity index (χ1v) is 8.55. The van der Waals surface area contributed by atoms with Crippen LogP contribution in [0.15, 0.2) is 53.2 Å². The molecule has 0 spiro atoms. The molecule has 0 atom stereocenters. The molecule has 0 radical (unpaired) electrons. The fourth-order valence-corrected chi connectivity index (χ4v) is 3.08. The Morgan fingerprint density at radius 2 is 1.83 bits per heavy atom. The normalized spacial score (nSPS) is 10.6. The standard InChI is InChI=1S/C19H19NO3S/c1-20(11-14-7-8-24-13-14)19(21)12-23-18-6-4-15-3-5-17(22-2)9-16(15)10-18/h3-10,13H,11-12H2,1-2H3. The van der Waals surface area contributed by atoms with Crippen molar-refractivity contribution in [2.75, 3.05) is 20.8 Å². The number of hydrogen-bond donors (Lipinski definition) is 0. The molecular weight excluding hydrogens is 322 g/mol. The summed E-state index contributed by atoms with van der Waals surface area (Å²) in [5.41, 5.74) is 1.13. The summed E-state index contributed by atoms with van der Waals surface area (Å²) < 4.78 is 10.9. The molecule has 2 aromatic carbocycles. The number of carbonyl (C=O) groups excluding carboxylic acids is 1. The van der Waals surface area contributed by atoms with Crippen molar-refractivity contribution in [2.45, 2.75) is 6.54 Å².